The van der Waals surface area contributed by atoms with Crippen LogP contribution < -0.4 is 10.5 Å². The Bertz CT molecular complexity index is 1650. The summed E-state index contributed by atoms with van der Waals surface area (Å²) in [4.78, 5) is 19.4. The molecule has 2 aromatic carbocycles. The first-order valence-corrected chi connectivity index (χ1v) is 12.7. The molecule has 174 valence electrons. The lowest BCUT2D eigenvalue weighted by atomic mass is 10.1. The predicted octanol–water partition coefficient (Wildman–Crippen LogP) is 5.25. The van der Waals surface area contributed by atoms with E-state index in [1.54, 1.807) is 33.4 Å². The topological polar surface area (TPSA) is 105 Å². The largest absolute Gasteiger partial charge is 0.470 e. The summed E-state index contributed by atoms with van der Waals surface area (Å²) in [5.74, 6) is 2.50. The lowest BCUT2D eigenvalue weighted by Crippen LogP contribution is -2.09. The minimum atomic E-state index is 0.201. The Morgan fingerprint density at radius 1 is 0.914 bits per heavy atom. The second-order valence-corrected chi connectivity index (χ2v) is 10.3. The molecule has 0 atom stereocenters. The molecule has 0 saturated heterocycles. The maximum Gasteiger partial charge on any atom is 0.240 e. The third-order valence-electron chi connectivity index (χ3n) is 5.65. The molecule has 6 rings (SSSR count). The highest BCUT2D eigenvalue weighted by atomic mass is 32.1. The summed E-state index contributed by atoms with van der Waals surface area (Å²) in [5, 5.41) is 6.57. The molecular weight excluding hydrogens is 478 g/mol. The number of hydrogen-bond donors (Lipinski definition) is 1. The van der Waals surface area contributed by atoms with E-state index in [0.717, 1.165) is 15.2 Å². The number of para-hydroxylation sites is 1. The molecule has 2 N–H and O–H groups in total. The number of ether oxygens (including phenoxy) is 1. The van der Waals surface area contributed by atoms with E-state index in [1.807, 2.05) is 25.1 Å². The van der Waals surface area contributed by atoms with Gasteiger partial charge in [-0.25, -0.2) is 9.97 Å². The van der Waals surface area contributed by atoms with E-state index in [9.17, 15) is 0 Å². The van der Waals surface area contributed by atoms with Gasteiger partial charge in [0.1, 0.15) is 23.3 Å². The van der Waals surface area contributed by atoms with Gasteiger partial charge in [-0.3, -0.25) is 0 Å². The third kappa shape index (κ3) is 4.22. The monoisotopic (exact) mass is 499 g/mol. The molecule has 35 heavy (non-hydrogen) atoms. The molecule has 4 heterocycles. The molecule has 0 fully saturated rings. The van der Waals surface area contributed by atoms with Crippen LogP contribution in [0.5, 0.6) is 5.88 Å². The van der Waals surface area contributed by atoms with Crippen LogP contribution in [0, 0.1) is 13.8 Å². The molecule has 0 aliphatic rings. The van der Waals surface area contributed by atoms with Gasteiger partial charge in [-0.2, -0.15) is 14.6 Å². The van der Waals surface area contributed by atoms with Gasteiger partial charge in [0, 0.05) is 22.1 Å². The summed E-state index contributed by atoms with van der Waals surface area (Å²) < 4.78 is 10.1. The van der Waals surface area contributed by atoms with Gasteiger partial charge in [-0.15, -0.1) is 27.8 Å². The lowest BCUT2D eigenvalue weighted by molar-refractivity contribution is 0.292. The van der Waals surface area contributed by atoms with Gasteiger partial charge in [0.25, 0.3) is 0 Å². The molecule has 0 saturated carbocycles. The van der Waals surface area contributed by atoms with Crippen molar-refractivity contribution in [2.45, 2.75) is 26.9 Å². The minimum absolute atomic E-state index is 0.201. The summed E-state index contributed by atoms with van der Waals surface area (Å²) in [7, 11) is 0. The van der Waals surface area contributed by atoms with Crippen molar-refractivity contribution in [3.05, 3.63) is 81.7 Å². The van der Waals surface area contributed by atoms with Crippen LogP contribution in [-0.4, -0.2) is 29.7 Å². The van der Waals surface area contributed by atoms with Gasteiger partial charge in [0.2, 0.25) is 11.8 Å². The molecule has 8 nitrogen and oxygen atoms in total. The summed E-state index contributed by atoms with van der Waals surface area (Å²) >= 11 is 3.37. The van der Waals surface area contributed by atoms with Crippen LogP contribution in [-0.2, 0) is 13.0 Å². The Kier molecular flexibility index (Phi) is 5.39. The zero-order valence-electron chi connectivity index (χ0n) is 19.1. The first-order valence-electron chi connectivity index (χ1n) is 11.1. The van der Waals surface area contributed by atoms with Crippen molar-refractivity contribution >= 4 is 48.9 Å². The fourth-order valence-electron chi connectivity index (χ4n) is 4.02. The second-order valence-electron chi connectivity index (χ2n) is 8.10. The molecule has 0 aliphatic carbocycles. The number of thiazole rings is 1. The number of aryl methyl sites for hydroxylation is 2. The van der Waals surface area contributed by atoms with E-state index < -0.39 is 0 Å². The highest BCUT2D eigenvalue weighted by molar-refractivity contribution is 7.19. The van der Waals surface area contributed by atoms with Crippen LogP contribution in [0.2, 0.25) is 0 Å². The molecule has 0 unspecified atom stereocenters. The van der Waals surface area contributed by atoms with E-state index in [-0.39, 0.29) is 5.95 Å². The second kappa shape index (κ2) is 8.71. The first-order chi connectivity index (χ1) is 17.0. The van der Waals surface area contributed by atoms with E-state index in [4.69, 9.17) is 10.5 Å². The van der Waals surface area contributed by atoms with Gasteiger partial charge in [0.15, 0.2) is 5.82 Å². The molecule has 0 spiro atoms. The number of hydrogen-bond acceptors (Lipinski definition) is 9. The number of anilines is 1. The Hall–Kier alpha value is -3.89. The van der Waals surface area contributed by atoms with E-state index in [2.05, 4.69) is 62.3 Å². The van der Waals surface area contributed by atoms with Crippen LogP contribution in [0.15, 0.2) is 54.6 Å². The van der Waals surface area contributed by atoms with Crippen molar-refractivity contribution in [2.24, 2.45) is 0 Å². The van der Waals surface area contributed by atoms with Gasteiger partial charge in [-0.1, -0.05) is 30.3 Å². The average Bonchev–Trinajstić information content (AvgIpc) is 3.53. The third-order valence-corrected chi connectivity index (χ3v) is 7.93. The van der Waals surface area contributed by atoms with Crippen LogP contribution in [0.25, 0.3) is 26.1 Å². The number of rotatable bonds is 6. The van der Waals surface area contributed by atoms with Crippen molar-refractivity contribution in [3.63, 3.8) is 0 Å². The molecule has 6 aromatic rings. The van der Waals surface area contributed by atoms with Crippen molar-refractivity contribution in [1.29, 1.82) is 0 Å². The summed E-state index contributed by atoms with van der Waals surface area (Å²) in [6.07, 6.45) is 0.598. The van der Waals surface area contributed by atoms with E-state index >= 15 is 0 Å². The number of nitrogen functional groups attached to an aromatic ring is 1. The molecule has 0 radical (unpaired) electrons. The summed E-state index contributed by atoms with van der Waals surface area (Å²) in [6.45, 7) is 4.29. The van der Waals surface area contributed by atoms with Crippen molar-refractivity contribution in [3.8, 4) is 11.7 Å². The molecule has 10 heteroatoms. The Labute approximate surface area is 209 Å². The normalized spacial score (nSPS) is 11.5. The quantitative estimate of drug-likeness (QED) is 0.334. The number of benzene rings is 2. The number of aromatic nitrogens is 6. The lowest BCUT2D eigenvalue weighted by Gasteiger charge is -2.09. The van der Waals surface area contributed by atoms with Crippen LogP contribution in [0.3, 0.4) is 0 Å². The van der Waals surface area contributed by atoms with Gasteiger partial charge < -0.3 is 10.5 Å². The smallest absolute Gasteiger partial charge is 0.240 e. The van der Waals surface area contributed by atoms with Crippen molar-refractivity contribution in [1.82, 2.24) is 29.7 Å². The van der Waals surface area contributed by atoms with Crippen molar-refractivity contribution < 1.29 is 4.74 Å². The maximum atomic E-state index is 6.01. The SMILES string of the molecule is Cc1nc(OCc2nc3ccccc3s2)cc(-n2nc(N)nc2Cc2sc3ccccc3c2C)n1. The zero-order chi connectivity index (χ0) is 23.9. The summed E-state index contributed by atoms with van der Waals surface area (Å²) in [6, 6.07) is 18.2. The highest BCUT2D eigenvalue weighted by Crippen LogP contribution is 2.32. The van der Waals surface area contributed by atoms with Crippen molar-refractivity contribution in [2.75, 3.05) is 5.73 Å². The fourth-order valence-corrected chi connectivity index (χ4v) is 6.11. The van der Waals surface area contributed by atoms with E-state index in [0.29, 0.717) is 36.4 Å². The minimum Gasteiger partial charge on any atom is -0.470 e. The molecule has 0 aliphatic heterocycles. The average molecular weight is 500 g/mol. The number of thiophene rings is 1. The van der Waals surface area contributed by atoms with Gasteiger partial charge in [-0.05, 0) is 43.0 Å². The Balaban J connectivity index is 1.29. The molecule has 4 aromatic heterocycles. The maximum absolute atomic E-state index is 6.01. The Morgan fingerprint density at radius 2 is 1.71 bits per heavy atom. The predicted molar refractivity (Wildman–Crippen MR) is 139 cm³/mol. The fraction of sp³-hybridized carbons (Fsp3) is 0.160. The zero-order valence-corrected chi connectivity index (χ0v) is 20.7. The molecule has 0 amide bonds. The standard InChI is InChI=1S/C25H21N7OS2/c1-14-16-7-3-5-9-18(16)34-20(14)11-21-30-25(26)31-32(21)22-12-23(28-15(2)27-22)33-13-24-29-17-8-4-6-10-19(17)35-24/h3-10,12H,11,13H2,1-2H3,(H2,26,31). The molecule has 0 bridgehead atoms. The number of nitrogens with zero attached hydrogens (tertiary/aromatic N) is 6. The molecular formula is C25H21N7OS2. The number of fused-ring (bicyclic) bond motifs is 2. The first kappa shape index (κ1) is 21.6. The number of nitrogens with two attached hydrogens (primary N) is 1. The highest BCUT2D eigenvalue weighted by Gasteiger charge is 2.17. The summed E-state index contributed by atoms with van der Waals surface area (Å²) in [5.41, 5.74) is 8.23. The van der Waals surface area contributed by atoms with Crippen LogP contribution >= 0.6 is 22.7 Å². The van der Waals surface area contributed by atoms with Gasteiger partial charge >= 0.3 is 0 Å². The van der Waals surface area contributed by atoms with Gasteiger partial charge in [0.05, 0.1) is 10.2 Å². The van der Waals surface area contributed by atoms with Crippen LogP contribution in [0.4, 0.5) is 5.95 Å². The van der Waals surface area contributed by atoms with E-state index in [1.165, 1.54) is 20.5 Å². The van der Waals surface area contributed by atoms with Crippen LogP contribution in [0.1, 0.15) is 27.1 Å². The Morgan fingerprint density at radius 3 is 2.54 bits per heavy atom.